The van der Waals surface area contributed by atoms with Crippen molar-refractivity contribution in [2.45, 2.75) is 64.8 Å². The van der Waals surface area contributed by atoms with Gasteiger partial charge in [-0.1, -0.05) is 19.8 Å². The van der Waals surface area contributed by atoms with Crippen molar-refractivity contribution >= 4 is 0 Å². The van der Waals surface area contributed by atoms with Crippen LogP contribution in [0.1, 0.15) is 58.8 Å². The van der Waals surface area contributed by atoms with E-state index in [4.69, 9.17) is 5.73 Å². The third kappa shape index (κ3) is 3.74. The molecule has 2 heteroatoms. The lowest BCUT2D eigenvalue weighted by Gasteiger charge is -2.46. The number of hydrogen-bond donors (Lipinski definition) is 1. The number of hydrogen-bond acceptors (Lipinski definition) is 1. The van der Waals surface area contributed by atoms with Gasteiger partial charge in [-0.3, -0.25) is 0 Å². The van der Waals surface area contributed by atoms with Gasteiger partial charge in [0.1, 0.15) is 0 Å². The Bertz CT molecular complexity index is 174. The van der Waals surface area contributed by atoms with E-state index in [0.717, 1.165) is 6.54 Å². The molecule has 1 saturated heterocycles. The highest BCUT2D eigenvalue weighted by atomic mass is 15.4. The predicted molar refractivity (Wildman–Crippen MR) is 71.4 cm³/mol. The second-order valence-electron chi connectivity index (χ2n) is 5.60. The van der Waals surface area contributed by atoms with Crippen LogP contribution in [0.4, 0.5) is 0 Å². The van der Waals surface area contributed by atoms with Gasteiger partial charge in [-0.25, -0.2) is 0 Å². The summed E-state index contributed by atoms with van der Waals surface area (Å²) in [5.41, 5.74) is 5.90. The van der Waals surface area contributed by atoms with Gasteiger partial charge >= 0.3 is 0 Å². The summed E-state index contributed by atoms with van der Waals surface area (Å²) in [6.07, 6.45) is 9.82. The highest BCUT2D eigenvalue weighted by Gasteiger charge is 2.33. The van der Waals surface area contributed by atoms with E-state index in [1.54, 1.807) is 0 Å². The Kier molecular flexibility index (Phi) is 6.37. The average Bonchev–Trinajstić information content (AvgIpc) is 2.35. The standard InChI is InChI=1S/C14H31N2/c1-3-4-5-7-10-16(14(2)13-15)11-8-6-9-12-16/h14H,3-13,15H2,1-2H3/q+1. The second-order valence-corrected chi connectivity index (χ2v) is 5.60. The Balaban J connectivity index is 2.43. The molecule has 0 aliphatic carbocycles. The van der Waals surface area contributed by atoms with Crippen molar-refractivity contribution in [3.63, 3.8) is 0 Å². The molecule has 0 aromatic rings. The smallest absolute Gasteiger partial charge is 0.0985 e. The van der Waals surface area contributed by atoms with Gasteiger partial charge in [0, 0.05) is 6.54 Å². The van der Waals surface area contributed by atoms with E-state index >= 15 is 0 Å². The van der Waals surface area contributed by atoms with E-state index in [1.165, 1.54) is 69.1 Å². The van der Waals surface area contributed by atoms with Gasteiger partial charge in [0.25, 0.3) is 0 Å². The first-order valence-electron chi connectivity index (χ1n) is 7.31. The maximum Gasteiger partial charge on any atom is 0.0985 e. The molecule has 2 nitrogen and oxygen atoms in total. The molecule has 96 valence electrons. The van der Waals surface area contributed by atoms with Crippen LogP contribution in [0.15, 0.2) is 0 Å². The van der Waals surface area contributed by atoms with Gasteiger partial charge in [0.05, 0.1) is 25.7 Å². The van der Waals surface area contributed by atoms with Gasteiger partial charge in [0.15, 0.2) is 0 Å². The molecule has 1 rings (SSSR count). The molecule has 0 radical (unpaired) electrons. The third-order valence-corrected chi connectivity index (χ3v) is 4.44. The zero-order valence-corrected chi connectivity index (χ0v) is 11.4. The summed E-state index contributed by atoms with van der Waals surface area (Å²) in [6.45, 7) is 9.63. The summed E-state index contributed by atoms with van der Waals surface area (Å²) in [6, 6.07) is 0.668. The van der Waals surface area contributed by atoms with Crippen LogP contribution in [0.3, 0.4) is 0 Å². The molecule has 0 amide bonds. The molecular formula is C14H31N2+. The molecule has 1 atom stereocenters. The van der Waals surface area contributed by atoms with Crippen molar-refractivity contribution in [3.05, 3.63) is 0 Å². The molecule has 1 heterocycles. The summed E-state index contributed by atoms with van der Waals surface area (Å²) in [5, 5.41) is 0. The van der Waals surface area contributed by atoms with Crippen molar-refractivity contribution in [1.29, 1.82) is 0 Å². The summed E-state index contributed by atoms with van der Waals surface area (Å²) in [5.74, 6) is 0. The number of quaternary nitrogens is 1. The van der Waals surface area contributed by atoms with Crippen LogP contribution in [0.5, 0.6) is 0 Å². The van der Waals surface area contributed by atoms with Crippen LogP contribution in [-0.2, 0) is 0 Å². The minimum atomic E-state index is 0.668. The van der Waals surface area contributed by atoms with Crippen LogP contribution in [0, 0.1) is 0 Å². The summed E-state index contributed by atoms with van der Waals surface area (Å²) >= 11 is 0. The number of piperidine rings is 1. The van der Waals surface area contributed by atoms with E-state index in [2.05, 4.69) is 13.8 Å². The lowest BCUT2D eigenvalue weighted by atomic mass is 10.0. The molecule has 2 N–H and O–H groups in total. The van der Waals surface area contributed by atoms with Crippen LogP contribution in [-0.4, -0.2) is 36.7 Å². The molecule has 0 saturated carbocycles. The number of nitrogens with two attached hydrogens (primary N) is 1. The first-order chi connectivity index (χ1) is 7.75. The topological polar surface area (TPSA) is 26.0 Å². The van der Waals surface area contributed by atoms with Crippen LogP contribution in [0.25, 0.3) is 0 Å². The Labute approximate surface area is 102 Å². The van der Waals surface area contributed by atoms with Crippen LogP contribution < -0.4 is 5.73 Å². The molecule has 16 heavy (non-hydrogen) atoms. The zero-order valence-electron chi connectivity index (χ0n) is 11.4. The molecule has 0 bridgehead atoms. The van der Waals surface area contributed by atoms with E-state index < -0.39 is 0 Å². The molecule has 1 unspecified atom stereocenters. The monoisotopic (exact) mass is 227 g/mol. The summed E-state index contributed by atoms with van der Waals surface area (Å²) in [7, 11) is 0. The van der Waals surface area contributed by atoms with E-state index in [-0.39, 0.29) is 0 Å². The minimum Gasteiger partial charge on any atom is -0.325 e. The quantitative estimate of drug-likeness (QED) is 0.525. The SMILES string of the molecule is CCCCCC[N+]1(C(C)CN)CCCCC1. The fourth-order valence-corrected chi connectivity index (χ4v) is 3.10. The Hall–Kier alpha value is -0.0800. The van der Waals surface area contributed by atoms with Crippen molar-refractivity contribution in [1.82, 2.24) is 0 Å². The Morgan fingerprint density at radius 1 is 1.06 bits per heavy atom. The number of unbranched alkanes of at least 4 members (excludes halogenated alkanes) is 3. The highest BCUT2D eigenvalue weighted by molar-refractivity contribution is 4.62. The van der Waals surface area contributed by atoms with Crippen LogP contribution in [0.2, 0.25) is 0 Å². The van der Waals surface area contributed by atoms with Crippen molar-refractivity contribution in [3.8, 4) is 0 Å². The van der Waals surface area contributed by atoms with Gasteiger partial charge in [-0.2, -0.15) is 0 Å². The average molecular weight is 227 g/mol. The fourth-order valence-electron chi connectivity index (χ4n) is 3.10. The van der Waals surface area contributed by atoms with E-state index in [9.17, 15) is 0 Å². The molecule has 1 aliphatic heterocycles. The molecule has 1 fully saturated rings. The first-order valence-corrected chi connectivity index (χ1v) is 7.31. The fraction of sp³-hybridized carbons (Fsp3) is 1.00. The number of rotatable bonds is 7. The van der Waals surface area contributed by atoms with Gasteiger partial charge in [-0.15, -0.1) is 0 Å². The van der Waals surface area contributed by atoms with Crippen LogP contribution >= 0.6 is 0 Å². The zero-order chi connectivity index (χ0) is 11.9. The largest absolute Gasteiger partial charge is 0.325 e. The lowest BCUT2D eigenvalue weighted by molar-refractivity contribution is -0.952. The van der Waals surface area contributed by atoms with Gasteiger partial charge < -0.3 is 10.2 Å². The minimum absolute atomic E-state index is 0.668. The highest BCUT2D eigenvalue weighted by Crippen LogP contribution is 2.24. The van der Waals surface area contributed by atoms with Crippen molar-refractivity contribution < 1.29 is 4.48 Å². The summed E-state index contributed by atoms with van der Waals surface area (Å²) in [4.78, 5) is 0. The maximum atomic E-state index is 5.90. The lowest BCUT2D eigenvalue weighted by Crippen LogP contribution is -2.59. The van der Waals surface area contributed by atoms with Gasteiger partial charge in [-0.05, 0) is 39.0 Å². The molecule has 1 aliphatic rings. The van der Waals surface area contributed by atoms with E-state index in [1.807, 2.05) is 0 Å². The van der Waals surface area contributed by atoms with Crippen molar-refractivity contribution in [2.24, 2.45) is 5.73 Å². The molecule has 0 spiro atoms. The maximum absolute atomic E-state index is 5.90. The Morgan fingerprint density at radius 2 is 1.75 bits per heavy atom. The molecular weight excluding hydrogens is 196 g/mol. The predicted octanol–water partition coefficient (Wildman–Crippen LogP) is 2.91. The summed E-state index contributed by atoms with van der Waals surface area (Å²) < 4.78 is 1.32. The second kappa shape index (κ2) is 7.29. The third-order valence-electron chi connectivity index (χ3n) is 4.44. The molecule has 0 aromatic heterocycles. The van der Waals surface area contributed by atoms with Gasteiger partial charge in [0.2, 0.25) is 0 Å². The van der Waals surface area contributed by atoms with E-state index in [0.29, 0.717) is 6.04 Å². The number of likely N-dealkylation sites (tertiary alicyclic amines) is 1. The number of nitrogens with zero attached hydrogens (tertiary/aromatic N) is 1. The first kappa shape index (κ1) is 14.0. The Morgan fingerprint density at radius 3 is 2.31 bits per heavy atom. The normalized spacial score (nSPS) is 21.9. The molecule has 0 aromatic carbocycles. The van der Waals surface area contributed by atoms with Crippen molar-refractivity contribution in [2.75, 3.05) is 26.2 Å².